The Balaban J connectivity index is 1.79. The highest BCUT2D eigenvalue weighted by Gasteiger charge is 2.34. The number of carbonyl (C=O) groups is 1. The molecule has 0 fully saturated rings. The van der Waals surface area contributed by atoms with Crippen LogP contribution >= 0.6 is 0 Å². The Morgan fingerprint density at radius 3 is 2.39 bits per heavy atom. The van der Waals surface area contributed by atoms with Crippen LogP contribution in [0.2, 0.25) is 0 Å². The molecule has 0 radical (unpaired) electrons. The van der Waals surface area contributed by atoms with Crippen LogP contribution < -0.4 is 15.2 Å². The van der Waals surface area contributed by atoms with Crippen molar-refractivity contribution >= 4 is 5.78 Å². The number of pyridine rings is 1. The molecular weight excluding hydrogens is 416 g/mol. The number of ketones is 1. The monoisotopic (exact) mass is 446 g/mol. The summed E-state index contributed by atoms with van der Waals surface area (Å²) in [5.41, 5.74) is 10.9. The summed E-state index contributed by atoms with van der Waals surface area (Å²) in [6.07, 6.45) is 0.403. The summed E-state index contributed by atoms with van der Waals surface area (Å²) >= 11 is 0. The van der Waals surface area contributed by atoms with Crippen LogP contribution in [-0.4, -0.2) is 24.1 Å². The highest BCUT2D eigenvalue weighted by molar-refractivity contribution is 6.00. The maximum atomic E-state index is 12.3. The van der Waals surface area contributed by atoms with Crippen molar-refractivity contribution in [3.05, 3.63) is 87.7 Å². The van der Waals surface area contributed by atoms with Gasteiger partial charge in [0.25, 0.3) is 0 Å². The van der Waals surface area contributed by atoms with E-state index >= 15 is 0 Å². The second-order valence-corrected chi connectivity index (χ2v) is 8.57. The summed E-state index contributed by atoms with van der Waals surface area (Å²) in [5, 5.41) is 0. The van der Waals surface area contributed by atoms with Crippen molar-refractivity contribution in [2.45, 2.75) is 46.3 Å². The van der Waals surface area contributed by atoms with Crippen molar-refractivity contribution in [3.63, 3.8) is 0 Å². The maximum Gasteiger partial charge on any atom is 0.170 e. The largest absolute Gasteiger partial charge is 0.492 e. The molecule has 0 amide bonds. The van der Waals surface area contributed by atoms with Crippen molar-refractivity contribution in [1.29, 1.82) is 0 Å². The van der Waals surface area contributed by atoms with Gasteiger partial charge in [0.1, 0.15) is 11.5 Å². The van der Waals surface area contributed by atoms with Crippen LogP contribution in [0.15, 0.2) is 48.5 Å². The molecule has 2 N–H and O–H groups in total. The molecule has 0 spiro atoms. The molecule has 4 rings (SSSR count). The second-order valence-electron chi connectivity index (χ2n) is 8.57. The van der Waals surface area contributed by atoms with E-state index in [0.717, 1.165) is 33.6 Å². The number of hydrogen-bond acceptors (Lipinski definition) is 6. The molecule has 0 saturated carbocycles. The molecule has 33 heavy (non-hydrogen) atoms. The van der Waals surface area contributed by atoms with E-state index in [0.29, 0.717) is 36.7 Å². The zero-order valence-corrected chi connectivity index (χ0v) is 19.6. The summed E-state index contributed by atoms with van der Waals surface area (Å²) in [4.78, 5) is 16.9. The lowest BCUT2D eigenvalue weighted by Gasteiger charge is -2.34. The quantitative estimate of drug-likeness (QED) is 0.528. The normalized spacial score (nSPS) is 14.9. The molecule has 2 heterocycles. The predicted molar refractivity (Wildman–Crippen MR) is 127 cm³/mol. The van der Waals surface area contributed by atoms with E-state index in [1.54, 1.807) is 6.07 Å². The average molecular weight is 447 g/mol. The van der Waals surface area contributed by atoms with Gasteiger partial charge in [-0.2, -0.15) is 0 Å². The maximum absolute atomic E-state index is 12.3. The molecule has 3 aromatic rings. The van der Waals surface area contributed by atoms with Crippen molar-refractivity contribution in [1.82, 2.24) is 4.98 Å². The van der Waals surface area contributed by atoms with Gasteiger partial charge in [0.2, 0.25) is 0 Å². The van der Waals surface area contributed by atoms with Crippen LogP contribution in [0.25, 0.3) is 0 Å². The first-order valence-corrected chi connectivity index (χ1v) is 11.1. The molecular formula is C27H30N2O4. The van der Waals surface area contributed by atoms with Gasteiger partial charge in [0.05, 0.1) is 25.5 Å². The fourth-order valence-electron chi connectivity index (χ4n) is 4.28. The van der Waals surface area contributed by atoms with E-state index in [9.17, 15) is 4.79 Å². The molecule has 1 aromatic heterocycles. The van der Waals surface area contributed by atoms with Crippen LogP contribution in [0.3, 0.4) is 0 Å². The van der Waals surface area contributed by atoms with E-state index < -0.39 is 5.60 Å². The van der Waals surface area contributed by atoms with Crippen molar-refractivity contribution in [2.75, 3.05) is 13.3 Å². The topological polar surface area (TPSA) is 83.7 Å². The van der Waals surface area contributed by atoms with Gasteiger partial charge in [-0.15, -0.1) is 0 Å². The summed E-state index contributed by atoms with van der Waals surface area (Å²) < 4.78 is 17.9. The van der Waals surface area contributed by atoms with Gasteiger partial charge in [0, 0.05) is 28.9 Å². The van der Waals surface area contributed by atoms with E-state index in [-0.39, 0.29) is 12.5 Å². The molecule has 2 aromatic carbocycles. The van der Waals surface area contributed by atoms with Crippen LogP contribution in [0.4, 0.5) is 0 Å². The third-order valence-electron chi connectivity index (χ3n) is 6.07. The minimum Gasteiger partial charge on any atom is -0.492 e. The Hall–Kier alpha value is -3.22. The third-order valence-corrected chi connectivity index (χ3v) is 6.07. The molecule has 6 heteroatoms. The fraction of sp³-hybridized carbons (Fsp3) is 0.333. The number of hydrogen-bond donors (Lipinski definition) is 1. The summed E-state index contributed by atoms with van der Waals surface area (Å²) in [6.45, 7) is 8.97. The first-order chi connectivity index (χ1) is 15.8. The van der Waals surface area contributed by atoms with Crippen molar-refractivity contribution in [2.24, 2.45) is 5.73 Å². The van der Waals surface area contributed by atoms with Gasteiger partial charge in [-0.05, 0) is 63.1 Å². The third kappa shape index (κ3) is 4.63. The van der Waals surface area contributed by atoms with Crippen LogP contribution in [0, 0.1) is 20.8 Å². The number of aromatic nitrogens is 1. The minimum atomic E-state index is -0.802. The van der Waals surface area contributed by atoms with Gasteiger partial charge in [-0.3, -0.25) is 9.78 Å². The van der Waals surface area contributed by atoms with E-state index in [2.05, 4.69) is 11.9 Å². The number of nitrogens with two attached hydrogens (primary N) is 1. The van der Waals surface area contributed by atoms with Crippen LogP contribution in [0.5, 0.6) is 11.5 Å². The Morgan fingerprint density at radius 2 is 1.73 bits per heavy atom. The lowest BCUT2D eigenvalue weighted by molar-refractivity contribution is 0.0930. The molecule has 1 atom stereocenters. The number of ether oxygens (including phenoxy) is 3. The number of rotatable bonds is 7. The molecule has 1 aliphatic rings. The number of aryl methyl sites for hydroxylation is 2. The van der Waals surface area contributed by atoms with E-state index in [4.69, 9.17) is 19.9 Å². The van der Waals surface area contributed by atoms with Crippen LogP contribution in [0.1, 0.15) is 57.3 Å². The smallest absolute Gasteiger partial charge is 0.170 e. The van der Waals surface area contributed by atoms with Crippen LogP contribution in [-0.2, 0) is 16.9 Å². The standard InChI is InChI=1S/C27H30N2O4/c1-17-13-22(14-18(2)29-17)27(4,21-7-5-20(6-8-21)15-31-16-28)33-25-10-9-23-24(30)11-12-32-26(23)19(25)3/h5-10,13-14H,11-12,15-16,28H2,1-4H3/t27-/m0/s1. The zero-order valence-electron chi connectivity index (χ0n) is 19.6. The Labute approximate surface area is 194 Å². The number of fused-ring (bicyclic) bond motifs is 1. The number of benzene rings is 2. The summed E-state index contributed by atoms with van der Waals surface area (Å²) in [6, 6.07) is 15.9. The minimum absolute atomic E-state index is 0.101. The molecule has 0 bridgehead atoms. The molecule has 0 aliphatic carbocycles. The molecule has 172 valence electrons. The predicted octanol–water partition coefficient (Wildman–Crippen LogP) is 4.75. The average Bonchev–Trinajstić information content (AvgIpc) is 2.79. The van der Waals surface area contributed by atoms with Gasteiger partial charge in [-0.1, -0.05) is 24.3 Å². The number of nitrogens with zero attached hydrogens (tertiary/aromatic N) is 1. The Kier molecular flexibility index (Phi) is 6.49. The molecule has 6 nitrogen and oxygen atoms in total. The van der Waals surface area contributed by atoms with Gasteiger partial charge >= 0.3 is 0 Å². The molecule has 0 unspecified atom stereocenters. The lowest BCUT2D eigenvalue weighted by Crippen LogP contribution is -2.32. The van der Waals surface area contributed by atoms with E-state index in [1.807, 2.05) is 63.2 Å². The number of carbonyl (C=O) groups excluding carboxylic acids is 1. The fourth-order valence-corrected chi connectivity index (χ4v) is 4.28. The van der Waals surface area contributed by atoms with Gasteiger partial charge < -0.3 is 19.9 Å². The summed E-state index contributed by atoms with van der Waals surface area (Å²) in [5.74, 6) is 1.39. The molecule has 0 saturated heterocycles. The van der Waals surface area contributed by atoms with Gasteiger partial charge in [0.15, 0.2) is 11.4 Å². The Morgan fingerprint density at radius 1 is 1.03 bits per heavy atom. The first-order valence-electron chi connectivity index (χ1n) is 11.1. The van der Waals surface area contributed by atoms with Crippen molar-refractivity contribution < 1.29 is 19.0 Å². The SMILES string of the molecule is Cc1cc([C@@](C)(Oc2ccc3c(c2C)OCCC3=O)c2ccc(COCN)cc2)cc(C)n1. The Bertz CT molecular complexity index is 1150. The van der Waals surface area contributed by atoms with Gasteiger partial charge in [-0.25, -0.2) is 0 Å². The number of Topliss-reactive ketones (excluding diaryl/α,β-unsaturated/α-hetero) is 1. The summed E-state index contributed by atoms with van der Waals surface area (Å²) in [7, 11) is 0. The highest BCUT2D eigenvalue weighted by atomic mass is 16.5. The first kappa shape index (κ1) is 23.0. The second kappa shape index (κ2) is 9.33. The zero-order chi connectivity index (χ0) is 23.6. The van der Waals surface area contributed by atoms with Crippen molar-refractivity contribution in [3.8, 4) is 11.5 Å². The highest BCUT2D eigenvalue weighted by Crippen LogP contribution is 2.41. The lowest BCUT2D eigenvalue weighted by atomic mass is 9.86. The molecule has 1 aliphatic heterocycles. The van der Waals surface area contributed by atoms with E-state index in [1.165, 1.54) is 0 Å².